The highest BCUT2D eigenvalue weighted by Crippen LogP contribution is 2.23. The van der Waals surface area contributed by atoms with E-state index in [2.05, 4.69) is 21.2 Å². The van der Waals surface area contributed by atoms with Crippen molar-refractivity contribution in [3.05, 3.63) is 70.2 Å². The number of rotatable bonds is 7. The Labute approximate surface area is 150 Å². The maximum atomic E-state index is 12.6. The van der Waals surface area contributed by atoms with E-state index in [1.54, 1.807) is 0 Å². The third-order valence-corrected chi connectivity index (χ3v) is 4.46. The normalized spacial score (nSPS) is 13.1. The molecule has 0 bridgehead atoms. The van der Waals surface area contributed by atoms with Crippen LogP contribution in [0.1, 0.15) is 42.9 Å². The number of amides is 1. The Morgan fingerprint density at radius 2 is 1.67 bits per heavy atom. The third-order valence-electron chi connectivity index (χ3n) is 3.93. The highest BCUT2D eigenvalue weighted by Gasteiger charge is 2.21. The van der Waals surface area contributed by atoms with Crippen molar-refractivity contribution >= 4 is 27.8 Å². The van der Waals surface area contributed by atoms with Crippen LogP contribution in [0.4, 0.5) is 0 Å². The molecule has 1 amide bonds. The van der Waals surface area contributed by atoms with E-state index in [0.29, 0.717) is 6.42 Å². The molecule has 2 N–H and O–H groups in total. The molecule has 0 aliphatic carbocycles. The quantitative estimate of drug-likeness (QED) is 0.742. The van der Waals surface area contributed by atoms with Crippen LogP contribution in [0.3, 0.4) is 0 Å². The molecule has 4 nitrogen and oxygen atoms in total. The molecule has 126 valence electrons. The second kappa shape index (κ2) is 8.64. The number of carboxylic acids is 1. The van der Waals surface area contributed by atoms with Crippen LogP contribution in [-0.4, -0.2) is 17.0 Å². The van der Waals surface area contributed by atoms with Crippen LogP contribution in [0.2, 0.25) is 0 Å². The highest BCUT2D eigenvalue weighted by molar-refractivity contribution is 9.10. The standard InChI is InChI=1S/C19H20BrNO3/c1-13(14-7-9-16(20)10-8-14)19(24)21-17(11-12-18(22)23)15-5-3-2-4-6-15/h2-10,13,17H,11-12H2,1H3,(H,21,24)(H,22,23). The van der Waals surface area contributed by atoms with Gasteiger partial charge in [-0.3, -0.25) is 9.59 Å². The van der Waals surface area contributed by atoms with Gasteiger partial charge in [0, 0.05) is 10.9 Å². The summed E-state index contributed by atoms with van der Waals surface area (Å²) in [5, 5.41) is 11.9. The van der Waals surface area contributed by atoms with E-state index in [4.69, 9.17) is 5.11 Å². The van der Waals surface area contributed by atoms with Crippen molar-refractivity contribution in [1.82, 2.24) is 5.32 Å². The molecule has 0 saturated heterocycles. The molecule has 2 aromatic rings. The van der Waals surface area contributed by atoms with Crippen LogP contribution in [0.25, 0.3) is 0 Å². The summed E-state index contributed by atoms with van der Waals surface area (Å²) in [6.07, 6.45) is 0.366. The molecule has 0 aliphatic heterocycles. The average molecular weight is 390 g/mol. The molecule has 0 radical (unpaired) electrons. The number of carboxylic acid groups (broad SMARTS) is 1. The van der Waals surface area contributed by atoms with Crippen LogP contribution >= 0.6 is 15.9 Å². The van der Waals surface area contributed by atoms with E-state index in [-0.39, 0.29) is 24.3 Å². The van der Waals surface area contributed by atoms with Gasteiger partial charge in [-0.25, -0.2) is 0 Å². The highest BCUT2D eigenvalue weighted by atomic mass is 79.9. The van der Waals surface area contributed by atoms with Gasteiger partial charge in [-0.1, -0.05) is 58.4 Å². The Balaban J connectivity index is 2.11. The van der Waals surface area contributed by atoms with Crippen molar-refractivity contribution in [2.45, 2.75) is 31.7 Å². The van der Waals surface area contributed by atoms with Crippen molar-refractivity contribution in [2.24, 2.45) is 0 Å². The fraction of sp³-hybridized carbons (Fsp3) is 0.263. The van der Waals surface area contributed by atoms with E-state index in [1.807, 2.05) is 61.5 Å². The van der Waals surface area contributed by atoms with E-state index in [0.717, 1.165) is 15.6 Å². The second-order valence-corrected chi connectivity index (χ2v) is 6.59. The fourth-order valence-electron chi connectivity index (χ4n) is 2.47. The third kappa shape index (κ3) is 5.20. The number of carbonyl (C=O) groups is 2. The van der Waals surface area contributed by atoms with Crippen molar-refractivity contribution in [2.75, 3.05) is 0 Å². The first-order valence-corrected chi connectivity index (χ1v) is 8.59. The zero-order valence-electron chi connectivity index (χ0n) is 13.4. The summed E-state index contributed by atoms with van der Waals surface area (Å²) >= 11 is 3.38. The molecular formula is C19H20BrNO3. The van der Waals surface area contributed by atoms with Crippen LogP contribution in [-0.2, 0) is 9.59 Å². The van der Waals surface area contributed by atoms with Crippen molar-refractivity contribution in [3.8, 4) is 0 Å². The Hall–Kier alpha value is -2.14. The smallest absolute Gasteiger partial charge is 0.303 e. The number of halogens is 1. The monoisotopic (exact) mass is 389 g/mol. The minimum atomic E-state index is -0.869. The van der Waals surface area contributed by atoms with Gasteiger partial charge < -0.3 is 10.4 Å². The van der Waals surface area contributed by atoms with E-state index < -0.39 is 5.97 Å². The SMILES string of the molecule is CC(C(=O)NC(CCC(=O)O)c1ccccc1)c1ccc(Br)cc1. The molecule has 24 heavy (non-hydrogen) atoms. The summed E-state index contributed by atoms with van der Waals surface area (Å²) in [5.41, 5.74) is 1.83. The minimum Gasteiger partial charge on any atom is -0.481 e. The lowest BCUT2D eigenvalue weighted by molar-refractivity contribution is -0.137. The topological polar surface area (TPSA) is 66.4 Å². The maximum absolute atomic E-state index is 12.6. The first kappa shape index (κ1) is 18.2. The lowest BCUT2D eigenvalue weighted by Crippen LogP contribution is -2.32. The molecule has 0 heterocycles. The van der Waals surface area contributed by atoms with Crippen LogP contribution in [0.15, 0.2) is 59.1 Å². The van der Waals surface area contributed by atoms with Gasteiger partial charge in [0.25, 0.3) is 0 Å². The predicted molar refractivity (Wildman–Crippen MR) is 96.8 cm³/mol. The van der Waals surface area contributed by atoms with Crippen molar-refractivity contribution in [1.29, 1.82) is 0 Å². The van der Waals surface area contributed by atoms with Gasteiger partial charge in [-0.05, 0) is 36.6 Å². The molecule has 2 rings (SSSR count). The summed E-state index contributed by atoms with van der Waals surface area (Å²) in [6.45, 7) is 1.85. The summed E-state index contributed by atoms with van der Waals surface area (Å²) in [5.74, 6) is -1.29. The Morgan fingerprint density at radius 1 is 1.04 bits per heavy atom. The van der Waals surface area contributed by atoms with Gasteiger partial charge >= 0.3 is 5.97 Å². The summed E-state index contributed by atoms with van der Waals surface area (Å²) < 4.78 is 0.961. The van der Waals surface area contributed by atoms with Gasteiger partial charge in [-0.15, -0.1) is 0 Å². The number of hydrogen-bond donors (Lipinski definition) is 2. The zero-order chi connectivity index (χ0) is 17.5. The first-order valence-electron chi connectivity index (χ1n) is 7.80. The number of aliphatic carboxylic acids is 1. The lowest BCUT2D eigenvalue weighted by Gasteiger charge is -2.21. The zero-order valence-corrected chi connectivity index (χ0v) is 15.0. The second-order valence-electron chi connectivity index (χ2n) is 5.68. The molecule has 2 aromatic carbocycles. The van der Waals surface area contributed by atoms with Crippen molar-refractivity contribution in [3.63, 3.8) is 0 Å². The lowest BCUT2D eigenvalue weighted by atomic mass is 9.97. The molecule has 0 fully saturated rings. The largest absolute Gasteiger partial charge is 0.481 e. The fourth-order valence-corrected chi connectivity index (χ4v) is 2.74. The molecule has 5 heteroatoms. The number of carbonyl (C=O) groups excluding carboxylic acids is 1. The predicted octanol–water partition coefficient (Wildman–Crippen LogP) is 4.27. The van der Waals surface area contributed by atoms with Crippen LogP contribution < -0.4 is 5.32 Å². The summed E-state index contributed by atoms with van der Waals surface area (Å²) in [4.78, 5) is 23.5. The summed E-state index contributed by atoms with van der Waals surface area (Å²) in [7, 11) is 0. The molecule has 0 saturated carbocycles. The minimum absolute atomic E-state index is 0.00645. The Bertz CT molecular complexity index is 686. The van der Waals surface area contributed by atoms with Gasteiger partial charge in [0.1, 0.15) is 0 Å². The van der Waals surface area contributed by atoms with Gasteiger partial charge in [0.2, 0.25) is 5.91 Å². The van der Waals surface area contributed by atoms with Gasteiger partial charge in [0.15, 0.2) is 0 Å². The molecular weight excluding hydrogens is 370 g/mol. The average Bonchev–Trinajstić information content (AvgIpc) is 2.59. The van der Waals surface area contributed by atoms with E-state index in [1.165, 1.54) is 0 Å². The molecule has 0 aliphatic rings. The molecule has 2 atom stereocenters. The first-order chi connectivity index (χ1) is 11.5. The maximum Gasteiger partial charge on any atom is 0.303 e. The Kier molecular flexibility index (Phi) is 6.55. The molecule has 0 spiro atoms. The number of hydrogen-bond acceptors (Lipinski definition) is 2. The number of benzene rings is 2. The van der Waals surface area contributed by atoms with Crippen LogP contribution in [0, 0.1) is 0 Å². The number of nitrogens with one attached hydrogen (secondary N) is 1. The van der Waals surface area contributed by atoms with Gasteiger partial charge in [0.05, 0.1) is 12.0 Å². The van der Waals surface area contributed by atoms with Gasteiger partial charge in [-0.2, -0.15) is 0 Å². The van der Waals surface area contributed by atoms with E-state index in [9.17, 15) is 9.59 Å². The van der Waals surface area contributed by atoms with E-state index >= 15 is 0 Å². The van der Waals surface area contributed by atoms with Crippen LogP contribution in [0.5, 0.6) is 0 Å². The molecule has 0 aromatic heterocycles. The Morgan fingerprint density at radius 3 is 2.25 bits per heavy atom. The summed E-state index contributed by atoms with van der Waals surface area (Å²) in [6, 6.07) is 16.8. The molecule has 2 unspecified atom stereocenters. The van der Waals surface area contributed by atoms with Crippen molar-refractivity contribution < 1.29 is 14.7 Å².